The Morgan fingerprint density at radius 2 is 1.88 bits per heavy atom. The zero-order valence-electron chi connectivity index (χ0n) is 15.9. The van der Waals surface area contributed by atoms with Gasteiger partial charge in [-0.05, 0) is 78.0 Å². The highest BCUT2D eigenvalue weighted by Crippen LogP contribution is 2.33. The Bertz CT molecular complexity index is 765. The molecule has 1 aromatic carbocycles. The van der Waals surface area contributed by atoms with E-state index in [1.54, 1.807) is 0 Å². The molecule has 2 aromatic rings. The van der Waals surface area contributed by atoms with Crippen molar-refractivity contribution < 1.29 is 9.53 Å². The molecule has 1 fully saturated rings. The molecule has 0 radical (unpaired) electrons. The van der Waals surface area contributed by atoms with Crippen LogP contribution in [-0.2, 0) is 4.74 Å². The lowest BCUT2D eigenvalue weighted by Gasteiger charge is -2.31. The summed E-state index contributed by atoms with van der Waals surface area (Å²) in [5.74, 6) is 1.07. The van der Waals surface area contributed by atoms with E-state index in [0.29, 0.717) is 6.04 Å². The second kappa shape index (κ2) is 6.70. The summed E-state index contributed by atoms with van der Waals surface area (Å²) >= 11 is 0. The molecule has 5 heteroatoms. The number of carbonyl (C=O) groups excluding carboxylic acids is 1. The number of imidazole rings is 1. The second-order valence-electron chi connectivity index (χ2n) is 8.17. The molecule has 1 N–H and O–H groups in total. The van der Waals surface area contributed by atoms with Crippen molar-refractivity contribution >= 4 is 17.1 Å². The fourth-order valence-corrected chi connectivity index (χ4v) is 3.74. The van der Waals surface area contributed by atoms with E-state index in [2.05, 4.69) is 41.9 Å². The third kappa shape index (κ3) is 4.14. The van der Waals surface area contributed by atoms with Crippen LogP contribution in [0.25, 0.3) is 11.0 Å². The third-order valence-corrected chi connectivity index (χ3v) is 4.80. The van der Waals surface area contributed by atoms with Crippen molar-refractivity contribution in [2.75, 3.05) is 0 Å². The van der Waals surface area contributed by atoms with Crippen LogP contribution >= 0.6 is 0 Å². The van der Waals surface area contributed by atoms with Crippen molar-refractivity contribution in [3.8, 4) is 0 Å². The van der Waals surface area contributed by atoms with Gasteiger partial charge < -0.3 is 14.6 Å². The van der Waals surface area contributed by atoms with Gasteiger partial charge in [0.15, 0.2) is 0 Å². The Kier molecular flexibility index (Phi) is 4.76. The zero-order valence-corrected chi connectivity index (χ0v) is 15.9. The Hall–Kier alpha value is -2.04. The number of nitrogens with zero attached hydrogens (tertiary/aromatic N) is 2. The molecule has 136 valence electrons. The average molecular weight is 343 g/mol. The van der Waals surface area contributed by atoms with Gasteiger partial charge in [0, 0.05) is 12.1 Å². The van der Waals surface area contributed by atoms with E-state index in [1.165, 1.54) is 11.1 Å². The number of nitrogens with one attached hydrogen (secondary N) is 1. The standard InChI is InChI=1S/C20H29N3O2/c1-13-6-11-18-17(12-13)21-14(2)23(18)16-9-7-15(8-10-16)22-19(24)25-20(3,4)5/h6,11-12,15-16H,7-10H2,1-5H3,(H,22,24)/t15-,16+. The van der Waals surface area contributed by atoms with Crippen molar-refractivity contribution in [1.29, 1.82) is 0 Å². The van der Waals surface area contributed by atoms with Gasteiger partial charge >= 0.3 is 6.09 Å². The number of alkyl carbamates (subject to hydrolysis) is 1. The van der Waals surface area contributed by atoms with Crippen LogP contribution in [0.5, 0.6) is 0 Å². The molecule has 25 heavy (non-hydrogen) atoms. The first-order chi connectivity index (χ1) is 11.7. The number of carbonyl (C=O) groups is 1. The minimum Gasteiger partial charge on any atom is -0.444 e. The molecule has 0 saturated heterocycles. The van der Waals surface area contributed by atoms with Crippen molar-refractivity contribution in [2.45, 2.75) is 78.0 Å². The van der Waals surface area contributed by atoms with Crippen molar-refractivity contribution in [2.24, 2.45) is 0 Å². The number of aryl methyl sites for hydroxylation is 2. The van der Waals surface area contributed by atoms with Crippen LogP contribution in [0.3, 0.4) is 0 Å². The van der Waals surface area contributed by atoms with Crippen molar-refractivity contribution in [1.82, 2.24) is 14.9 Å². The summed E-state index contributed by atoms with van der Waals surface area (Å²) in [6, 6.07) is 7.12. The average Bonchev–Trinajstić information content (AvgIpc) is 2.81. The summed E-state index contributed by atoms with van der Waals surface area (Å²) < 4.78 is 7.74. The summed E-state index contributed by atoms with van der Waals surface area (Å²) in [5, 5.41) is 3.01. The van der Waals surface area contributed by atoms with Gasteiger partial charge in [0.2, 0.25) is 0 Å². The summed E-state index contributed by atoms with van der Waals surface area (Å²) in [6.07, 6.45) is 3.71. The summed E-state index contributed by atoms with van der Waals surface area (Å²) in [4.78, 5) is 16.7. The molecule has 1 heterocycles. The van der Waals surface area contributed by atoms with Gasteiger partial charge in [0.25, 0.3) is 0 Å². The lowest BCUT2D eigenvalue weighted by molar-refractivity contribution is 0.0488. The third-order valence-electron chi connectivity index (χ3n) is 4.80. The first-order valence-corrected chi connectivity index (χ1v) is 9.17. The van der Waals surface area contributed by atoms with Crippen LogP contribution in [0, 0.1) is 13.8 Å². The highest BCUT2D eigenvalue weighted by molar-refractivity contribution is 5.77. The Morgan fingerprint density at radius 1 is 1.20 bits per heavy atom. The van der Waals surface area contributed by atoms with Gasteiger partial charge in [-0.15, -0.1) is 0 Å². The van der Waals surface area contributed by atoms with E-state index in [4.69, 9.17) is 9.72 Å². The summed E-state index contributed by atoms with van der Waals surface area (Å²) in [7, 11) is 0. The summed E-state index contributed by atoms with van der Waals surface area (Å²) in [6.45, 7) is 9.84. The van der Waals surface area contributed by atoms with Gasteiger partial charge in [-0.2, -0.15) is 0 Å². The first-order valence-electron chi connectivity index (χ1n) is 9.17. The zero-order chi connectivity index (χ0) is 18.2. The molecule has 1 aromatic heterocycles. The molecule has 0 bridgehead atoms. The minimum atomic E-state index is -0.452. The predicted molar refractivity (Wildman–Crippen MR) is 99.9 cm³/mol. The molecule has 1 saturated carbocycles. The topological polar surface area (TPSA) is 56.2 Å². The fourth-order valence-electron chi connectivity index (χ4n) is 3.74. The largest absolute Gasteiger partial charge is 0.444 e. The molecule has 5 nitrogen and oxygen atoms in total. The Balaban J connectivity index is 1.65. The van der Waals surface area contributed by atoms with Crippen LogP contribution in [0.2, 0.25) is 0 Å². The van der Waals surface area contributed by atoms with E-state index >= 15 is 0 Å². The molecule has 0 unspecified atom stereocenters. The number of amides is 1. The van der Waals surface area contributed by atoms with Crippen LogP contribution in [0.15, 0.2) is 18.2 Å². The lowest BCUT2D eigenvalue weighted by atomic mass is 9.91. The van der Waals surface area contributed by atoms with E-state index in [0.717, 1.165) is 37.0 Å². The highest BCUT2D eigenvalue weighted by atomic mass is 16.6. The maximum atomic E-state index is 11.9. The number of ether oxygens (including phenoxy) is 1. The molecule has 3 rings (SSSR count). The summed E-state index contributed by atoms with van der Waals surface area (Å²) in [5.41, 5.74) is 3.08. The first kappa shape index (κ1) is 17.8. The number of fused-ring (bicyclic) bond motifs is 1. The van der Waals surface area contributed by atoms with E-state index in [9.17, 15) is 4.79 Å². The monoisotopic (exact) mass is 343 g/mol. The minimum absolute atomic E-state index is 0.198. The second-order valence-corrected chi connectivity index (χ2v) is 8.17. The maximum absolute atomic E-state index is 11.9. The van der Waals surface area contributed by atoms with E-state index < -0.39 is 5.60 Å². The maximum Gasteiger partial charge on any atom is 0.407 e. The van der Waals surface area contributed by atoms with Crippen molar-refractivity contribution in [3.05, 3.63) is 29.6 Å². The van der Waals surface area contributed by atoms with Crippen LogP contribution in [0.1, 0.15) is 63.9 Å². The molecule has 1 amide bonds. The van der Waals surface area contributed by atoms with Gasteiger partial charge in [-0.25, -0.2) is 9.78 Å². The lowest BCUT2D eigenvalue weighted by Crippen LogP contribution is -2.41. The normalized spacial score (nSPS) is 21.3. The van der Waals surface area contributed by atoms with Gasteiger partial charge in [-0.3, -0.25) is 0 Å². The SMILES string of the molecule is Cc1ccc2c(c1)nc(C)n2[C@H]1CC[C@@H](NC(=O)OC(C)(C)C)CC1. The molecule has 0 atom stereocenters. The number of hydrogen-bond donors (Lipinski definition) is 1. The fraction of sp³-hybridized carbons (Fsp3) is 0.600. The van der Waals surface area contributed by atoms with Crippen LogP contribution < -0.4 is 5.32 Å². The number of rotatable bonds is 2. The van der Waals surface area contributed by atoms with Gasteiger partial charge in [0.05, 0.1) is 11.0 Å². The Morgan fingerprint density at radius 3 is 2.52 bits per heavy atom. The Labute approximate surface area is 149 Å². The highest BCUT2D eigenvalue weighted by Gasteiger charge is 2.27. The molecular weight excluding hydrogens is 314 g/mol. The van der Waals surface area contributed by atoms with Gasteiger partial charge in [-0.1, -0.05) is 6.07 Å². The predicted octanol–water partition coefficient (Wildman–Crippen LogP) is 4.66. The van der Waals surface area contributed by atoms with E-state index in [1.807, 2.05) is 20.8 Å². The van der Waals surface area contributed by atoms with Crippen LogP contribution in [0.4, 0.5) is 4.79 Å². The van der Waals surface area contributed by atoms with Gasteiger partial charge in [0.1, 0.15) is 11.4 Å². The smallest absolute Gasteiger partial charge is 0.407 e. The molecular formula is C20H29N3O2. The quantitative estimate of drug-likeness (QED) is 0.862. The molecule has 1 aliphatic rings. The number of aromatic nitrogens is 2. The molecule has 1 aliphatic carbocycles. The van der Waals surface area contributed by atoms with E-state index in [-0.39, 0.29) is 12.1 Å². The van der Waals surface area contributed by atoms with Crippen molar-refractivity contribution in [3.63, 3.8) is 0 Å². The molecule has 0 spiro atoms. The number of hydrogen-bond acceptors (Lipinski definition) is 3. The van der Waals surface area contributed by atoms with Crippen LogP contribution in [-0.4, -0.2) is 27.3 Å². The molecule has 0 aliphatic heterocycles. The number of benzene rings is 1.